The fraction of sp³-hybridized carbons (Fsp3) is 0.400. The van der Waals surface area contributed by atoms with Crippen LogP contribution in [0.4, 0.5) is 0 Å². The Balaban J connectivity index is 2.22. The summed E-state index contributed by atoms with van der Waals surface area (Å²) < 4.78 is 33.7. The quantitative estimate of drug-likeness (QED) is 0.464. The van der Waals surface area contributed by atoms with Gasteiger partial charge in [0.15, 0.2) is 6.61 Å². The van der Waals surface area contributed by atoms with Gasteiger partial charge in [0.2, 0.25) is 15.8 Å². The van der Waals surface area contributed by atoms with Crippen LogP contribution in [0, 0.1) is 13.8 Å². The van der Waals surface area contributed by atoms with Gasteiger partial charge < -0.3 is 9.30 Å². The number of rotatable bonds is 8. The topological polar surface area (TPSA) is 85.7 Å². The van der Waals surface area contributed by atoms with Gasteiger partial charge in [-0.1, -0.05) is 25.4 Å². The first-order chi connectivity index (χ1) is 13.5. The largest absolute Gasteiger partial charge is 0.454 e. The van der Waals surface area contributed by atoms with Gasteiger partial charge in [0.1, 0.15) is 4.90 Å². The van der Waals surface area contributed by atoms with Gasteiger partial charge in [-0.3, -0.25) is 4.79 Å². The molecule has 0 unspecified atom stereocenters. The zero-order chi connectivity index (χ0) is 21.9. The smallest absolute Gasteiger partial charge is 0.338 e. The molecule has 0 atom stereocenters. The van der Waals surface area contributed by atoms with Crippen LogP contribution in [0.25, 0.3) is 0 Å². The van der Waals surface area contributed by atoms with Crippen LogP contribution >= 0.6 is 11.6 Å². The van der Waals surface area contributed by atoms with Gasteiger partial charge in [-0.15, -0.1) is 0 Å². The van der Waals surface area contributed by atoms with Gasteiger partial charge in [-0.2, -0.15) is 4.31 Å². The first kappa shape index (κ1) is 23.1. The molecule has 1 heterocycles. The van der Waals surface area contributed by atoms with Crippen LogP contribution in [0.1, 0.15) is 46.0 Å². The lowest BCUT2D eigenvalue weighted by Crippen LogP contribution is -2.31. The summed E-state index contributed by atoms with van der Waals surface area (Å²) in [6, 6.07) is 5.62. The number of hydrogen-bond donors (Lipinski definition) is 0. The van der Waals surface area contributed by atoms with Crippen molar-refractivity contribution in [2.24, 2.45) is 7.05 Å². The number of carbonyl (C=O) groups is 2. The molecule has 2 aromatic rings. The highest BCUT2D eigenvalue weighted by Gasteiger charge is 2.26. The number of ether oxygens (including phenoxy) is 1. The van der Waals surface area contributed by atoms with E-state index in [1.165, 1.54) is 22.5 Å². The summed E-state index contributed by atoms with van der Waals surface area (Å²) in [6.07, 6.45) is 0. The molecule has 9 heteroatoms. The van der Waals surface area contributed by atoms with E-state index in [4.69, 9.17) is 16.3 Å². The molecular formula is C20H25ClN2O5S. The molecule has 0 N–H and O–H groups in total. The standard InChI is InChI=1S/C20H25ClN2O5S/c1-6-23(7-2)29(26,27)19-11-15(8-9-17(19)21)20(25)28-12-18(24)16-10-13(3)22(5)14(16)4/h8-11H,6-7,12H2,1-5H3. The maximum atomic E-state index is 12.7. The van der Waals surface area contributed by atoms with Gasteiger partial charge in [0, 0.05) is 37.1 Å². The molecular weight excluding hydrogens is 416 g/mol. The summed E-state index contributed by atoms with van der Waals surface area (Å²) in [6.45, 7) is 7.22. The molecule has 7 nitrogen and oxygen atoms in total. The fourth-order valence-electron chi connectivity index (χ4n) is 2.96. The number of Topliss-reactive ketones (excluding diaryl/α,β-unsaturated/α-hetero) is 1. The van der Waals surface area contributed by atoms with E-state index in [2.05, 4.69) is 0 Å². The van der Waals surface area contributed by atoms with Gasteiger partial charge >= 0.3 is 5.97 Å². The summed E-state index contributed by atoms with van der Waals surface area (Å²) in [7, 11) is -2.00. The predicted octanol–water partition coefficient (Wildman–Crippen LogP) is 3.37. The average Bonchev–Trinajstić information content (AvgIpc) is 2.94. The molecule has 1 aromatic carbocycles. The highest BCUT2D eigenvalue weighted by Crippen LogP contribution is 2.26. The van der Waals surface area contributed by atoms with E-state index >= 15 is 0 Å². The van der Waals surface area contributed by atoms with Crippen LogP contribution in [0.3, 0.4) is 0 Å². The monoisotopic (exact) mass is 440 g/mol. The maximum absolute atomic E-state index is 12.7. The number of esters is 1. The number of carbonyl (C=O) groups excluding carboxylic acids is 2. The number of benzene rings is 1. The Kier molecular flexibility index (Phi) is 7.26. The first-order valence-corrected chi connectivity index (χ1v) is 11.0. The van der Waals surface area contributed by atoms with Crippen molar-refractivity contribution in [2.45, 2.75) is 32.6 Å². The lowest BCUT2D eigenvalue weighted by atomic mass is 10.1. The van der Waals surface area contributed by atoms with Crippen LogP contribution in [0.5, 0.6) is 0 Å². The second kappa shape index (κ2) is 9.11. The van der Waals surface area contributed by atoms with Gasteiger partial charge in [0.05, 0.1) is 10.6 Å². The molecule has 0 spiro atoms. The van der Waals surface area contributed by atoms with Crippen molar-refractivity contribution in [3.63, 3.8) is 0 Å². The van der Waals surface area contributed by atoms with Crippen LogP contribution < -0.4 is 0 Å². The molecule has 1 aromatic heterocycles. The number of sulfonamides is 1. The van der Waals surface area contributed by atoms with Crippen molar-refractivity contribution in [3.05, 3.63) is 51.8 Å². The second-order valence-corrected chi connectivity index (χ2v) is 8.89. The van der Waals surface area contributed by atoms with E-state index < -0.39 is 22.6 Å². The molecule has 158 valence electrons. The molecule has 0 amide bonds. The minimum atomic E-state index is -3.85. The van der Waals surface area contributed by atoms with Crippen LogP contribution in [-0.4, -0.2) is 48.7 Å². The van der Waals surface area contributed by atoms with E-state index in [0.29, 0.717) is 5.56 Å². The summed E-state index contributed by atoms with van der Waals surface area (Å²) in [5.41, 5.74) is 2.19. The summed E-state index contributed by atoms with van der Waals surface area (Å²) in [5.74, 6) is -1.12. The van der Waals surface area contributed by atoms with Gasteiger partial charge in [-0.05, 0) is 38.1 Å². The number of hydrogen-bond acceptors (Lipinski definition) is 5. The number of halogens is 1. The molecule has 0 saturated heterocycles. The van der Waals surface area contributed by atoms with Gasteiger partial charge in [-0.25, -0.2) is 13.2 Å². The lowest BCUT2D eigenvalue weighted by molar-refractivity contribution is 0.0474. The first-order valence-electron chi connectivity index (χ1n) is 9.17. The third kappa shape index (κ3) is 4.71. The third-order valence-electron chi connectivity index (χ3n) is 4.90. The van der Waals surface area contributed by atoms with Crippen LogP contribution in [0.15, 0.2) is 29.2 Å². The van der Waals surface area contributed by atoms with E-state index in [1.54, 1.807) is 19.9 Å². The summed E-state index contributed by atoms with van der Waals surface area (Å²) in [4.78, 5) is 24.6. The zero-order valence-electron chi connectivity index (χ0n) is 17.2. The summed E-state index contributed by atoms with van der Waals surface area (Å²) >= 11 is 6.07. The fourth-order valence-corrected chi connectivity index (χ4v) is 4.92. The Morgan fingerprint density at radius 2 is 1.76 bits per heavy atom. The minimum absolute atomic E-state index is 0.00824. The minimum Gasteiger partial charge on any atom is -0.454 e. The maximum Gasteiger partial charge on any atom is 0.338 e. The van der Waals surface area contributed by atoms with E-state index in [1.807, 2.05) is 25.5 Å². The highest BCUT2D eigenvalue weighted by atomic mass is 35.5. The SMILES string of the molecule is CCN(CC)S(=O)(=O)c1cc(C(=O)OCC(=O)c2cc(C)n(C)c2C)ccc1Cl. The van der Waals surface area contributed by atoms with Crippen molar-refractivity contribution < 1.29 is 22.7 Å². The Hall–Kier alpha value is -2.16. The van der Waals surface area contributed by atoms with Gasteiger partial charge in [0.25, 0.3) is 0 Å². The second-order valence-electron chi connectivity index (χ2n) is 6.58. The molecule has 0 fully saturated rings. The van der Waals surface area contributed by atoms with Crippen molar-refractivity contribution in [1.29, 1.82) is 0 Å². The number of aryl methyl sites for hydroxylation is 1. The molecule has 0 saturated carbocycles. The third-order valence-corrected chi connectivity index (χ3v) is 7.43. The van der Waals surface area contributed by atoms with Crippen molar-refractivity contribution in [2.75, 3.05) is 19.7 Å². The number of ketones is 1. The van der Waals surface area contributed by atoms with Crippen molar-refractivity contribution >= 4 is 33.4 Å². The Morgan fingerprint density at radius 3 is 2.28 bits per heavy atom. The average molecular weight is 441 g/mol. The van der Waals surface area contributed by atoms with Crippen molar-refractivity contribution in [1.82, 2.24) is 8.87 Å². The Bertz CT molecular complexity index is 1040. The summed E-state index contributed by atoms with van der Waals surface area (Å²) in [5, 5.41) is 0.0138. The molecule has 0 aliphatic carbocycles. The van der Waals surface area contributed by atoms with E-state index in [-0.39, 0.29) is 34.4 Å². The normalized spacial score (nSPS) is 11.7. The number of nitrogens with zero attached hydrogens (tertiary/aromatic N) is 2. The van der Waals surface area contributed by atoms with Crippen LogP contribution in [-0.2, 0) is 21.8 Å². The molecule has 0 aliphatic heterocycles. The van der Waals surface area contributed by atoms with E-state index in [0.717, 1.165) is 11.4 Å². The molecule has 29 heavy (non-hydrogen) atoms. The molecule has 0 bridgehead atoms. The Morgan fingerprint density at radius 1 is 1.14 bits per heavy atom. The Labute approximate surface area is 176 Å². The molecule has 2 rings (SSSR count). The molecule has 0 aliphatic rings. The molecule has 0 radical (unpaired) electrons. The number of aromatic nitrogens is 1. The van der Waals surface area contributed by atoms with Crippen molar-refractivity contribution in [3.8, 4) is 0 Å². The predicted molar refractivity (Wildman–Crippen MR) is 111 cm³/mol. The lowest BCUT2D eigenvalue weighted by Gasteiger charge is -2.19. The van der Waals surface area contributed by atoms with E-state index in [9.17, 15) is 18.0 Å². The zero-order valence-corrected chi connectivity index (χ0v) is 18.7. The van der Waals surface area contributed by atoms with Crippen LogP contribution in [0.2, 0.25) is 5.02 Å². The highest BCUT2D eigenvalue weighted by molar-refractivity contribution is 7.89.